The van der Waals surface area contributed by atoms with Crippen LogP contribution in [0.4, 0.5) is 0 Å². The number of amides is 1. The van der Waals surface area contributed by atoms with E-state index in [-0.39, 0.29) is 6.10 Å². The van der Waals surface area contributed by atoms with Gasteiger partial charge >= 0.3 is 0 Å². The van der Waals surface area contributed by atoms with Crippen molar-refractivity contribution in [3.63, 3.8) is 0 Å². The summed E-state index contributed by atoms with van der Waals surface area (Å²) in [5.41, 5.74) is 0.449. The zero-order chi connectivity index (χ0) is 17.3. The average molecular weight is 364 g/mol. The molecule has 2 atom stereocenters. The van der Waals surface area contributed by atoms with E-state index in [0.717, 1.165) is 51.9 Å². The van der Waals surface area contributed by atoms with Gasteiger partial charge in [0.05, 0.1) is 19.1 Å². The van der Waals surface area contributed by atoms with Gasteiger partial charge in [-0.3, -0.25) is 9.69 Å². The number of nitrogens with zero attached hydrogens (tertiary/aromatic N) is 3. The van der Waals surface area contributed by atoms with Crippen molar-refractivity contribution in [1.29, 1.82) is 0 Å². The van der Waals surface area contributed by atoms with E-state index in [0.29, 0.717) is 23.8 Å². The normalized spacial score (nSPS) is 28.5. The van der Waals surface area contributed by atoms with E-state index in [1.54, 1.807) is 11.3 Å². The monoisotopic (exact) mass is 363 g/mol. The maximum absolute atomic E-state index is 12.6. The van der Waals surface area contributed by atoms with Crippen molar-refractivity contribution < 1.29 is 9.53 Å². The fourth-order valence-corrected chi connectivity index (χ4v) is 5.31. The molecule has 0 bridgehead atoms. The lowest BCUT2D eigenvalue weighted by molar-refractivity contribution is -0.136. The number of thiazole rings is 1. The molecule has 3 fully saturated rings. The van der Waals surface area contributed by atoms with Gasteiger partial charge < -0.3 is 9.64 Å². The minimum absolute atomic E-state index is 0.162. The summed E-state index contributed by atoms with van der Waals surface area (Å²) in [5, 5.41) is 3.25. The fraction of sp³-hybridized carbons (Fsp3) is 0.789. The van der Waals surface area contributed by atoms with E-state index in [9.17, 15) is 4.79 Å². The zero-order valence-electron chi connectivity index (χ0n) is 15.2. The third-order valence-corrected chi connectivity index (χ3v) is 7.10. The summed E-state index contributed by atoms with van der Waals surface area (Å²) < 4.78 is 5.73. The predicted molar refractivity (Wildman–Crippen MR) is 98.4 cm³/mol. The molecule has 5 nitrogen and oxygen atoms in total. The van der Waals surface area contributed by atoms with Crippen LogP contribution in [0, 0.1) is 5.41 Å². The lowest BCUT2D eigenvalue weighted by Gasteiger charge is -2.35. The van der Waals surface area contributed by atoms with Crippen molar-refractivity contribution in [2.75, 3.05) is 26.7 Å². The summed E-state index contributed by atoms with van der Waals surface area (Å²) in [7, 11) is 2.22. The van der Waals surface area contributed by atoms with E-state index in [1.807, 2.05) is 11.6 Å². The van der Waals surface area contributed by atoms with Crippen molar-refractivity contribution in [2.45, 2.75) is 63.6 Å². The molecule has 138 valence electrons. The highest BCUT2D eigenvalue weighted by Gasteiger charge is 2.56. The van der Waals surface area contributed by atoms with Crippen molar-refractivity contribution in [3.8, 4) is 0 Å². The summed E-state index contributed by atoms with van der Waals surface area (Å²) in [4.78, 5) is 21.5. The maximum Gasteiger partial charge on any atom is 0.225 e. The molecular weight excluding hydrogens is 334 g/mol. The Morgan fingerprint density at radius 3 is 2.96 bits per heavy atom. The third kappa shape index (κ3) is 3.91. The van der Waals surface area contributed by atoms with Gasteiger partial charge in [-0.2, -0.15) is 0 Å². The number of carbonyl (C=O) groups is 1. The van der Waals surface area contributed by atoms with Crippen LogP contribution in [-0.4, -0.2) is 59.6 Å². The molecule has 4 rings (SSSR count). The number of likely N-dealkylation sites (tertiary alicyclic amines) is 1. The Morgan fingerprint density at radius 2 is 2.28 bits per heavy atom. The molecule has 3 aliphatic rings. The minimum Gasteiger partial charge on any atom is -0.378 e. The van der Waals surface area contributed by atoms with Crippen LogP contribution < -0.4 is 0 Å². The quantitative estimate of drug-likeness (QED) is 0.807. The minimum atomic E-state index is 0.162. The summed E-state index contributed by atoms with van der Waals surface area (Å²) in [6.07, 6.45) is 9.61. The van der Waals surface area contributed by atoms with Gasteiger partial charge in [0.15, 0.2) is 0 Å². The second kappa shape index (κ2) is 7.33. The van der Waals surface area contributed by atoms with Gasteiger partial charge in [-0.25, -0.2) is 4.98 Å². The highest BCUT2D eigenvalue weighted by molar-refractivity contribution is 7.09. The van der Waals surface area contributed by atoms with Gasteiger partial charge in [0.1, 0.15) is 5.01 Å². The molecule has 1 aliphatic carbocycles. The number of hydrogen-bond acceptors (Lipinski definition) is 5. The molecule has 6 heteroatoms. The van der Waals surface area contributed by atoms with Crippen molar-refractivity contribution in [2.24, 2.45) is 5.41 Å². The lowest BCUT2D eigenvalue weighted by atomic mass is 9.92. The first-order chi connectivity index (χ1) is 12.2. The zero-order valence-corrected chi connectivity index (χ0v) is 16.0. The van der Waals surface area contributed by atoms with Crippen LogP contribution >= 0.6 is 11.3 Å². The number of aromatic nitrogens is 1. The predicted octanol–water partition coefficient (Wildman–Crippen LogP) is 2.92. The van der Waals surface area contributed by atoms with Crippen molar-refractivity contribution >= 4 is 17.2 Å². The molecular formula is C19H29N3O2S. The molecule has 1 spiro atoms. The molecule has 1 amide bonds. The van der Waals surface area contributed by atoms with E-state index in [1.165, 1.54) is 17.8 Å². The third-order valence-electron chi connectivity index (χ3n) is 6.34. The molecule has 1 aromatic rings. The van der Waals surface area contributed by atoms with Gasteiger partial charge in [-0.05, 0) is 51.0 Å². The molecule has 0 N–H and O–H groups in total. The lowest BCUT2D eigenvalue weighted by Crippen LogP contribution is -2.42. The van der Waals surface area contributed by atoms with Crippen LogP contribution in [0.5, 0.6) is 0 Å². The Balaban J connectivity index is 1.24. The van der Waals surface area contributed by atoms with E-state index < -0.39 is 0 Å². The average Bonchev–Trinajstić information content (AvgIpc) is 3.08. The number of piperidine rings is 1. The van der Waals surface area contributed by atoms with Crippen LogP contribution in [0.2, 0.25) is 0 Å². The number of hydrogen-bond donors (Lipinski definition) is 0. The summed E-state index contributed by atoms with van der Waals surface area (Å²) in [5.74, 6) is 0.301. The van der Waals surface area contributed by atoms with E-state index in [2.05, 4.69) is 21.8 Å². The highest BCUT2D eigenvalue weighted by atomic mass is 32.1. The Bertz CT molecular complexity index is 577. The topological polar surface area (TPSA) is 45.7 Å². The fourth-order valence-electron chi connectivity index (χ4n) is 4.64. The van der Waals surface area contributed by atoms with Gasteiger partial charge in [0.2, 0.25) is 5.91 Å². The van der Waals surface area contributed by atoms with Crippen LogP contribution in [-0.2, 0) is 16.1 Å². The van der Waals surface area contributed by atoms with Gasteiger partial charge in [-0.15, -0.1) is 11.3 Å². The largest absolute Gasteiger partial charge is 0.378 e. The van der Waals surface area contributed by atoms with Crippen LogP contribution in [0.1, 0.15) is 50.0 Å². The van der Waals surface area contributed by atoms with Gasteiger partial charge in [0.25, 0.3) is 0 Å². The molecule has 2 saturated heterocycles. The Labute approximate surface area is 154 Å². The summed E-state index contributed by atoms with van der Waals surface area (Å²) in [6.45, 7) is 3.63. The molecule has 1 aromatic heterocycles. The molecule has 3 heterocycles. The van der Waals surface area contributed by atoms with Crippen molar-refractivity contribution in [1.82, 2.24) is 14.8 Å². The number of carbonyl (C=O) groups excluding carboxylic acids is 1. The molecule has 1 saturated carbocycles. The second-order valence-corrected chi connectivity index (χ2v) is 8.98. The summed E-state index contributed by atoms with van der Waals surface area (Å²) in [6, 6.07) is 0.662. The molecule has 2 aliphatic heterocycles. The number of rotatable bonds is 5. The smallest absolute Gasteiger partial charge is 0.225 e. The van der Waals surface area contributed by atoms with Crippen LogP contribution in [0.15, 0.2) is 11.6 Å². The second-order valence-electron chi connectivity index (χ2n) is 8.00. The first kappa shape index (κ1) is 17.4. The molecule has 0 unspecified atom stereocenters. The van der Waals surface area contributed by atoms with Gasteiger partial charge in [-0.1, -0.05) is 0 Å². The Hall–Kier alpha value is -0.980. The van der Waals surface area contributed by atoms with Crippen molar-refractivity contribution in [3.05, 3.63) is 16.6 Å². The number of ether oxygens (including phenoxy) is 1. The van der Waals surface area contributed by atoms with Crippen LogP contribution in [0.25, 0.3) is 0 Å². The molecule has 25 heavy (non-hydrogen) atoms. The van der Waals surface area contributed by atoms with E-state index >= 15 is 0 Å². The molecule has 0 radical (unpaired) electrons. The Kier molecular flexibility index (Phi) is 5.11. The first-order valence-corrected chi connectivity index (χ1v) is 10.5. The van der Waals surface area contributed by atoms with Crippen LogP contribution in [0.3, 0.4) is 0 Å². The Morgan fingerprint density at radius 1 is 1.44 bits per heavy atom. The SMILES string of the molecule is CN(Cc1nccs1)[C@H]1CC12CCN(C(=O)C[C@@H]1CCCCO1)CC2. The standard InChI is InChI=1S/C19H29N3O2S/c1-21(14-17-20-7-11-25-17)16-13-19(16)5-8-22(9-6-19)18(23)12-15-4-2-3-10-24-15/h7,11,15-16H,2-6,8-10,12-14H2,1H3/t15-,16-/m0/s1. The first-order valence-electron chi connectivity index (χ1n) is 9.64. The van der Waals surface area contributed by atoms with Gasteiger partial charge in [0, 0.05) is 37.3 Å². The van der Waals surface area contributed by atoms with E-state index in [4.69, 9.17) is 4.74 Å². The molecule has 0 aromatic carbocycles. The highest BCUT2D eigenvalue weighted by Crippen LogP contribution is 2.56. The maximum atomic E-state index is 12.6. The summed E-state index contributed by atoms with van der Waals surface area (Å²) >= 11 is 1.73.